The number of carbonyl (C=O) groups excluding carboxylic acids is 3. The molecule has 1 rings (SSSR count). The van der Waals surface area contributed by atoms with Gasteiger partial charge < -0.3 is 14.8 Å². The molecule has 6 nitrogen and oxygen atoms in total. The molecule has 0 bridgehead atoms. The van der Waals surface area contributed by atoms with Crippen molar-refractivity contribution in [3.8, 4) is 0 Å². The summed E-state index contributed by atoms with van der Waals surface area (Å²) in [5.41, 5.74) is 0. The summed E-state index contributed by atoms with van der Waals surface area (Å²) < 4.78 is 9.42. The average molecular weight is 241 g/mol. The lowest BCUT2D eigenvalue weighted by Crippen LogP contribution is -2.23. The first-order chi connectivity index (χ1) is 8.13. The Balaban J connectivity index is 2.25. The van der Waals surface area contributed by atoms with Gasteiger partial charge in [0.2, 0.25) is 5.91 Å². The van der Waals surface area contributed by atoms with Crippen LogP contribution in [0, 0.1) is 5.92 Å². The molecular formula is C11H15NO5. The molecule has 0 unspecified atom stereocenters. The van der Waals surface area contributed by atoms with Gasteiger partial charge >= 0.3 is 11.9 Å². The van der Waals surface area contributed by atoms with Crippen LogP contribution in [0.4, 0.5) is 0 Å². The quantitative estimate of drug-likeness (QED) is 0.532. The first kappa shape index (κ1) is 13.2. The van der Waals surface area contributed by atoms with E-state index in [4.69, 9.17) is 4.74 Å². The van der Waals surface area contributed by atoms with E-state index < -0.39 is 11.9 Å². The van der Waals surface area contributed by atoms with Crippen molar-refractivity contribution in [3.05, 3.63) is 12.2 Å². The Labute approximate surface area is 99.0 Å². The Kier molecular flexibility index (Phi) is 5.19. The number of amides is 1. The number of hydrogen-bond donors (Lipinski definition) is 1. The van der Waals surface area contributed by atoms with Crippen molar-refractivity contribution < 1.29 is 23.9 Å². The Bertz CT molecular complexity index is 337. The second-order valence-electron chi connectivity index (χ2n) is 3.49. The van der Waals surface area contributed by atoms with Gasteiger partial charge in [-0.2, -0.15) is 0 Å². The molecule has 0 radical (unpaired) electrons. The van der Waals surface area contributed by atoms with Crippen molar-refractivity contribution in [1.29, 1.82) is 0 Å². The Morgan fingerprint density at radius 2 is 2.00 bits per heavy atom. The lowest BCUT2D eigenvalue weighted by molar-refractivity contribution is -0.142. The summed E-state index contributed by atoms with van der Waals surface area (Å²) in [6.45, 7) is 2.57. The van der Waals surface area contributed by atoms with Crippen LogP contribution in [-0.4, -0.2) is 37.6 Å². The minimum Gasteiger partial charge on any atom is -0.463 e. The lowest BCUT2D eigenvalue weighted by Gasteiger charge is -2.05. The van der Waals surface area contributed by atoms with Crippen molar-refractivity contribution >= 4 is 17.8 Å². The molecule has 0 spiro atoms. The molecule has 0 saturated carbocycles. The van der Waals surface area contributed by atoms with E-state index in [0.717, 1.165) is 12.2 Å². The fourth-order valence-electron chi connectivity index (χ4n) is 1.36. The molecule has 1 fully saturated rings. The van der Waals surface area contributed by atoms with Gasteiger partial charge in [0.1, 0.15) is 6.61 Å². The number of hydrogen-bond acceptors (Lipinski definition) is 5. The van der Waals surface area contributed by atoms with Gasteiger partial charge in [-0.1, -0.05) is 0 Å². The Morgan fingerprint density at radius 3 is 2.53 bits per heavy atom. The summed E-state index contributed by atoms with van der Waals surface area (Å²) in [5.74, 6) is -1.64. The summed E-state index contributed by atoms with van der Waals surface area (Å²) in [6, 6.07) is 0. The van der Waals surface area contributed by atoms with Gasteiger partial charge in [0, 0.05) is 18.7 Å². The lowest BCUT2D eigenvalue weighted by atomic mass is 10.1. The third-order valence-corrected chi connectivity index (χ3v) is 2.23. The van der Waals surface area contributed by atoms with E-state index in [1.165, 1.54) is 0 Å². The maximum absolute atomic E-state index is 11.2. The van der Waals surface area contributed by atoms with Crippen molar-refractivity contribution in [3.63, 3.8) is 0 Å². The molecule has 1 saturated heterocycles. The zero-order valence-electron chi connectivity index (χ0n) is 9.60. The highest BCUT2D eigenvalue weighted by Crippen LogP contribution is 2.09. The molecule has 1 aliphatic heterocycles. The molecule has 1 aliphatic rings. The van der Waals surface area contributed by atoms with Crippen LogP contribution < -0.4 is 5.32 Å². The third-order valence-electron chi connectivity index (χ3n) is 2.23. The van der Waals surface area contributed by atoms with E-state index in [2.05, 4.69) is 10.1 Å². The molecule has 0 aromatic carbocycles. The minimum atomic E-state index is -0.655. The van der Waals surface area contributed by atoms with E-state index in [0.29, 0.717) is 13.0 Å². The van der Waals surface area contributed by atoms with E-state index in [-0.39, 0.29) is 25.0 Å². The summed E-state index contributed by atoms with van der Waals surface area (Å²) in [7, 11) is 0. The largest absolute Gasteiger partial charge is 0.463 e. The van der Waals surface area contributed by atoms with Crippen molar-refractivity contribution in [2.45, 2.75) is 13.3 Å². The maximum atomic E-state index is 11.2. The summed E-state index contributed by atoms with van der Waals surface area (Å²) >= 11 is 0. The number of rotatable bonds is 5. The summed E-state index contributed by atoms with van der Waals surface area (Å²) in [4.78, 5) is 33.2. The second-order valence-corrected chi connectivity index (χ2v) is 3.49. The van der Waals surface area contributed by atoms with Crippen LogP contribution in [0.1, 0.15) is 13.3 Å². The van der Waals surface area contributed by atoms with Gasteiger partial charge in [0.25, 0.3) is 0 Å². The number of ether oxygens (including phenoxy) is 2. The van der Waals surface area contributed by atoms with Crippen LogP contribution in [0.3, 0.4) is 0 Å². The molecule has 0 aromatic rings. The van der Waals surface area contributed by atoms with Gasteiger partial charge in [-0.15, -0.1) is 0 Å². The van der Waals surface area contributed by atoms with Crippen molar-refractivity contribution in [1.82, 2.24) is 5.32 Å². The normalized spacial score (nSPS) is 19.1. The SMILES string of the molecule is CCOC(=O)/C=C/C(=O)OC[C@@H]1CCNC1=O. The average Bonchev–Trinajstić information content (AvgIpc) is 2.70. The Morgan fingerprint density at radius 1 is 1.35 bits per heavy atom. The van der Waals surface area contributed by atoms with Crippen LogP contribution in [0.5, 0.6) is 0 Å². The molecule has 1 amide bonds. The zero-order valence-corrected chi connectivity index (χ0v) is 9.60. The first-order valence-corrected chi connectivity index (χ1v) is 5.42. The fourth-order valence-corrected chi connectivity index (χ4v) is 1.36. The van der Waals surface area contributed by atoms with Crippen LogP contribution in [0.15, 0.2) is 12.2 Å². The molecule has 17 heavy (non-hydrogen) atoms. The molecule has 0 aliphatic carbocycles. The van der Waals surface area contributed by atoms with Gasteiger partial charge in [0.15, 0.2) is 0 Å². The van der Waals surface area contributed by atoms with Gasteiger partial charge in [0.05, 0.1) is 12.5 Å². The van der Waals surface area contributed by atoms with E-state index in [1.54, 1.807) is 6.92 Å². The minimum absolute atomic E-state index is 0.0395. The van der Waals surface area contributed by atoms with E-state index >= 15 is 0 Å². The first-order valence-electron chi connectivity index (χ1n) is 5.42. The topological polar surface area (TPSA) is 81.7 Å². The standard InChI is InChI=1S/C11H15NO5/c1-2-16-9(13)3-4-10(14)17-7-8-5-6-12-11(8)15/h3-4,8H,2,5-7H2,1H3,(H,12,15)/b4-3+/t8-/m0/s1. The molecule has 1 N–H and O–H groups in total. The smallest absolute Gasteiger partial charge is 0.331 e. The van der Waals surface area contributed by atoms with Gasteiger partial charge in [-0.25, -0.2) is 9.59 Å². The number of nitrogens with one attached hydrogen (secondary N) is 1. The maximum Gasteiger partial charge on any atom is 0.331 e. The molecule has 94 valence electrons. The summed E-state index contributed by atoms with van der Waals surface area (Å²) in [6.07, 6.45) is 2.65. The van der Waals surface area contributed by atoms with Gasteiger partial charge in [-0.05, 0) is 13.3 Å². The highest BCUT2D eigenvalue weighted by atomic mass is 16.5. The van der Waals surface area contributed by atoms with E-state index in [9.17, 15) is 14.4 Å². The number of esters is 2. The molecule has 0 aromatic heterocycles. The second kappa shape index (κ2) is 6.67. The van der Waals surface area contributed by atoms with Gasteiger partial charge in [-0.3, -0.25) is 4.79 Å². The molecule has 1 heterocycles. The fraction of sp³-hybridized carbons (Fsp3) is 0.545. The van der Waals surface area contributed by atoms with Crippen LogP contribution >= 0.6 is 0 Å². The zero-order chi connectivity index (χ0) is 12.7. The van der Waals surface area contributed by atoms with Crippen molar-refractivity contribution in [2.75, 3.05) is 19.8 Å². The van der Waals surface area contributed by atoms with Crippen LogP contribution in [0.2, 0.25) is 0 Å². The monoisotopic (exact) mass is 241 g/mol. The van der Waals surface area contributed by atoms with E-state index in [1.807, 2.05) is 0 Å². The predicted octanol–water partition coefficient (Wildman–Crippen LogP) is -0.215. The van der Waals surface area contributed by atoms with Crippen LogP contribution in [0.25, 0.3) is 0 Å². The van der Waals surface area contributed by atoms with Crippen molar-refractivity contribution in [2.24, 2.45) is 5.92 Å². The highest BCUT2D eigenvalue weighted by molar-refractivity contribution is 5.91. The predicted molar refractivity (Wildman–Crippen MR) is 57.8 cm³/mol. The Hall–Kier alpha value is -1.85. The molecule has 6 heteroatoms. The third kappa shape index (κ3) is 4.67. The highest BCUT2D eigenvalue weighted by Gasteiger charge is 2.24. The summed E-state index contributed by atoms with van der Waals surface area (Å²) in [5, 5.41) is 2.64. The van der Waals surface area contributed by atoms with Crippen LogP contribution in [-0.2, 0) is 23.9 Å². The number of carbonyl (C=O) groups is 3. The molecule has 1 atom stereocenters. The molecular weight excluding hydrogens is 226 g/mol.